The molecule has 0 aliphatic rings. The minimum absolute atomic E-state index is 0.317. The van der Waals surface area contributed by atoms with Crippen LogP contribution in [0.3, 0.4) is 0 Å². The lowest BCUT2D eigenvalue weighted by Crippen LogP contribution is -2.32. The fourth-order valence-corrected chi connectivity index (χ4v) is 3.19. The Hall–Kier alpha value is -3.16. The zero-order valence-electron chi connectivity index (χ0n) is 16.8. The number of aromatic amines is 2. The van der Waals surface area contributed by atoms with E-state index in [9.17, 15) is 0 Å². The van der Waals surface area contributed by atoms with Gasteiger partial charge in [0.25, 0.3) is 0 Å². The first-order valence-electron chi connectivity index (χ1n) is 9.58. The molecule has 0 saturated heterocycles. The summed E-state index contributed by atoms with van der Waals surface area (Å²) in [4.78, 5) is 10.3. The van der Waals surface area contributed by atoms with Crippen molar-refractivity contribution in [1.82, 2.24) is 25.1 Å². The van der Waals surface area contributed by atoms with Crippen LogP contribution in [-0.2, 0) is 11.3 Å². The molecule has 0 aliphatic heterocycles. The minimum atomic E-state index is 0.317. The molecule has 0 aliphatic carbocycles. The summed E-state index contributed by atoms with van der Waals surface area (Å²) in [6, 6.07) is 16.1. The number of methoxy groups -OCH3 is 1. The van der Waals surface area contributed by atoms with Crippen molar-refractivity contribution in [1.29, 1.82) is 0 Å². The van der Waals surface area contributed by atoms with E-state index in [-0.39, 0.29) is 0 Å². The van der Waals surface area contributed by atoms with Gasteiger partial charge in [0.05, 0.1) is 29.9 Å². The largest absolute Gasteiger partial charge is 0.457 e. The van der Waals surface area contributed by atoms with Gasteiger partial charge in [-0.15, -0.1) is 0 Å². The fourth-order valence-electron chi connectivity index (χ4n) is 3.19. The maximum absolute atomic E-state index is 6.01. The van der Waals surface area contributed by atoms with Crippen molar-refractivity contribution in [3.8, 4) is 22.8 Å². The highest BCUT2D eigenvalue weighted by Crippen LogP contribution is 2.27. The predicted octanol–water partition coefficient (Wildman–Crippen LogP) is 4.21. The summed E-state index contributed by atoms with van der Waals surface area (Å²) in [7, 11) is 3.79. The number of ether oxygens (including phenoxy) is 2. The van der Waals surface area contributed by atoms with E-state index in [0.717, 1.165) is 46.2 Å². The standard InChI is InChI=1S/C22H25N5O2/c1-15(14-28-3)27(2)13-22-24-20-9-8-18(12-21(20)25-22)29-17-6-4-16(5-7-17)19-10-11-23-26-19/h4-12,15H,13-14H2,1-3H3,(H,23,26)(H,24,25)/t15-/m0/s1. The van der Waals surface area contributed by atoms with Crippen molar-refractivity contribution in [2.75, 3.05) is 20.8 Å². The normalized spacial score (nSPS) is 12.6. The van der Waals surface area contributed by atoms with E-state index < -0.39 is 0 Å². The fraction of sp³-hybridized carbons (Fsp3) is 0.273. The van der Waals surface area contributed by atoms with Crippen molar-refractivity contribution in [2.45, 2.75) is 19.5 Å². The van der Waals surface area contributed by atoms with Gasteiger partial charge >= 0.3 is 0 Å². The van der Waals surface area contributed by atoms with Gasteiger partial charge in [-0.25, -0.2) is 4.98 Å². The lowest BCUT2D eigenvalue weighted by Gasteiger charge is -2.22. The van der Waals surface area contributed by atoms with Gasteiger partial charge in [-0.2, -0.15) is 5.10 Å². The average molecular weight is 391 g/mol. The van der Waals surface area contributed by atoms with Gasteiger partial charge < -0.3 is 14.5 Å². The van der Waals surface area contributed by atoms with Crippen molar-refractivity contribution in [3.63, 3.8) is 0 Å². The Kier molecular flexibility index (Phi) is 5.59. The number of aromatic nitrogens is 4. The molecule has 7 nitrogen and oxygen atoms in total. The summed E-state index contributed by atoms with van der Waals surface area (Å²) in [5, 5.41) is 6.94. The highest BCUT2D eigenvalue weighted by molar-refractivity contribution is 5.77. The van der Waals surface area contributed by atoms with E-state index >= 15 is 0 Å². The Morgan fingerprint density at radius 1 is 1.07 bits per heavy atom. The number of rotatable bonds is 8. The third kappa shape index (κ3) is 4.47. The van der Waals surface area contributed by atoms with Crippen LogP contribution in [0.25, 0.3) is 22.3 Å². The second-order valence-electron chi connectivity index (χ2n) is 7.18. The number of nitrogens with one attached hydrogen (secondary N) is 2. The van der Waals surface area contributed by atoms with E-state index in [1.807, 2.05) is 48.5 Å². The number of nitrogens with zero attached hydrogens (tertiary/aromatic N) is 3. The molecule has 4 rings (SSSR count). The number of H-pyrrole nitrogens is 2. The summed E-state index contributed by atoms with van der Waals surface area (Å²) in [6.07, 6.45) is 1.74. The SMILES string of the molecule is COC[C@H](C)N(C)Cc1nc2cc(Oc3ccc(-c4ccn[nH]4)cc3)ccc2[nH]1. The second-order valence-corrected chi connectivity index (χ2v) is 7.18. The van der Waals surface area contributed by atoms with Gasteiger partial charge in [-0.1, -0.05) is 0 Å². The first-order chi connectivity index (χ1) is 14.1. The van der Waals surface area contributed by atoms with Crippen LogP contribution >= 0.6 is 0 Å². The molecule has 0 radical (unpaired) electrons. The third-order valence-electron chi connectivity index (χ3n) is 4.96. The van der Waals surface area contributed by atoms with E-state index in [4.69, 9.17) is 14.5 Å². The number of fused-ring (bicyclic) bond motifs is 1. The zero-order valence-corrected chi connectivity index (χ0v) is 16.8. The van der Waals surface area contributed by atoms with Gasteiger partial charge in [0.1, 0.15) is 17.3 Å². The highest BCUT2D eigenvalue weighted by Gasteiger charge is 2.12. The Balaban J connectivity index is 1.46. The molecule has 0 bridgehead atoms. The monoisotopic (exact) mass is 391 g/mol. The third-order valence-corrected chi connectivity index (χ3v) is 4.96. The lowest BCUT2D eigenvalue weighted by molar-refractivity contribution is 0.110. The van der Waals surface area contributed by atoms with Crippen molar-refractivity contribution in [2.24, 2.45) is 0 Å². The van der Waals surface area contributed by atoms with Crippen LogP contribution < -0.4 is 4.74 Å². The summed E-state index contributed by atoms with van der Waals surface area (Å²) < 4.78 is 11.2. The maximum Gasteiger partial charge on any atom is 0.129 e. The smallest absolute Gasteiger partial charge is 0.129 e. The van der Waals surface area contributed by atoms with Gasteiger partial charge in [0.2, 0.25) is 0 Å². The average Bonchev–Trinajstić information content (AvgIpc) is 3.38. The Morgan fingerprint density at radius 2 is 1.86 bits per heavy atom. The molecular weight excluding hydrogens is 366 g/mol. The summed E-state index contributed by atoms with van der Waals surface area (Å²) in [5.74, 6) is 2.45. The first-order valence-corrected chi connectivity index (χ1v) is 9.58. The van der Waals surface area contributed by atoms with Crippen LogP contribution in [0.4, 0.5) is 0 Å². The minimum Gasteiger partial charge on any atom is -0.457 e. The quantitative estimate of drug-likeness (QED) is 0.470. The molecule has 0 amide bonds. The van der Waals surface area contributed by atoms with E-state index in [1.165, 1.54) is 0 Å². The Bertz CT molecular complexity index is 1060. The Morgan fingerprint density at radius 3 is 2.59 bits per heavy atom. The number of hydrogen-bond acceptors (Lipinski definition) is 5. The molecule has 1 atom stereocenters. The van der Waals surface area contributed by atoms with Crippen LogP contribution in [0.2, 0.25) is 0 Å². The molecular formula is C22H25N5O2. The number of imidazole rings is 1. The van der Waals surface area contributed by atoms with Crippen molar-refractivity contribution >= 4 is 11.0 Å². The van der Waals surface area contributed by atoms with Gasteiger partial charge in [0.15, 0.2) is 0 Å². The molecule has 0 saturated carbocycles. The van der Waals surface area contributed by atoms with E-state index in [2.05, 4.69) is 34.1 Å². The van der Waals surface area contributed by atoms with Crippen LogP contribution in [0.5, 0.6) is 11.5 Å². The van der Waals surface area contributed by atoms with Gasteiger partial charge in [-0.3, -0.25) is 10.00 Å². The number of likely N-dealkylation sites (N-methyl/N-ethyl adjacent to an activating group) is 1. The molecule has 2 aromatic heterocycles. The summed E-state index contributed by atoms with van der Waals surface area (Å²) >= 11 is 0. The molecule has 0 unspecified atom stereocenters. The molecule has 0 fully saturated rings. The molecule has 4 aromatic rings. The predicted molar refractivity (Wildman–Crippen MR) is 113 cm³/mol. The highest BCUT2D eigenvalue weighted by atomic mass is 16.5. The molecule has 2 N–H and O–H groups in total. The number of benzene rings is 2. The molecule has 2 heterocycles. The summed E-state index contributed by atoms with van der Waals surface area (Å²) in [6.45, 7) is 3.55. The zero-order chi connectivity index (χ0) is 20.2. The topological polar surface area (TPSA) is 79.1 Å². The van der Waals surface area contributed by atoms with Gasteiger partial charge in [0, 0.05) is 25.4 Å². The second kappa shape index (κ2) is 8.46. The lowest BCUT2D eigenvalue weighted by atomic mass is 10.1. The van der Waals surface area contributed by atoms with Crippen LogP contribution in [0, 0.1) is 0 Å². The van der Waals surface area contributed by atoms with Crippen molar-refractivity contribution in [3.05, 3.63) is 60.6 Å². The van der Waals surface area contributed by atoms with E-state index in [1.54, 1.807) is 13.3 Å². The molecule has 2 aromatic carbocycles. The van der Waals surface area contributed by atoms with Crippen molar-refractivity contribution < 1.29 is 9.47 Å². The van der Waals surface area contributed by atoms with Gasteiger partial charge in [-0.05, 0) is 62.0 Å². The molecule has 7 heteroatoms. The maximum atomic E-state index is 6.01. The van der Waals surface area contributed by atoms with Crippen LogP contribution in [0.1, 0.15) is 12.7 Å². The van der Waals surface area contributed by atoms with E-state index in [0.29, 0.717) is 12.6 Å². The van der Waals surface area contributed by atoms with Crippen LogP contribution in [-0.4, -0.2) is 51.9 Å². The molecule has 29 heavy (non-hydrogen) atoms. The number of hydrogen-bond donors (Lipinski definition) is 2. The Labute approximate surface area is 169 Å². The molecule has 150 valence electrons. The molecule has 0 spiro atoms. The summed E-state index contributed by atoms with van der Waals surface area (Å²) in [5.41, 5.74) is 3.93. The first kappa shape index (κ1) is 19.2. The van der Waals surface area contributed by atoms with Crippen LogP contribution in [0.15, 0.2) is 54.7 Å².